The molecule has 1 saturated heterocycles. The number of aromatic nitrogens is 1. The van der Waals surface area contributed by atoms with Gasteiger partial charge in [-0.15, -0.1) is 0 Å². The molecule has 0 unspecified atom stereocenters. The van der Waals surface area contributed by atoms with Gasteiger partial charge in [-0.25, -0.2) is 0 Å². The first-order valence-corrected chi connectivity index (χ1v) is 10.0. The molecule has 1 aromatic heterocycles. The number of benzene rings is 2. The van der Waals surface area contributed by atoms with Crippen LogP contribution < -0.4 is 0 Å². The number of aromatic amines is 1. The van der Waals surface area contributed by atoms with E-state index in [0.29, 0.717) is 43.2 Å². The second kappa shape index (κ2) is 7.81. The third-order valence-electron chi connectivity index (χ3n) is 5.74. The van der Waals surface area contributed by atoms with Gasteiger partial charge in [0.05, 0.1) is 4.92 Å². The lowest BCUT2D eigenvalue weighted by Crippen LogP contribution is -2.42. The van der Waals surface area contributed by atoms with Crippen LogP contribution in [-0.2, 0) is 18.3 Å². The molecule has 2 N–H and O–H groups in total. The minimum atomic E-state index is -4.86. The Balaban J connectivity index is 1.56. The number of aliphatic hydroxyl groups is 1. The summed E-state index contributed by atoms with van der Waals surface area (Å²) < 4.78 is 39.7. The highest BCUT2D eigenvalue weighted by molar-refractivity contribution is 6.30. The zero-order valence-electron chi connectivity index (χ0n) is 16.2. The standard InChI is InChI=1S/C21H19ClF3N3O3/c22-15-3-1-13(2-4-15)12-27-7-5-20(29,6-8-27)19-10-14-9-18(28(30)31)16(21(23,24)25)11-17(14)26-19/h1-4,9-11,26,29H,5-8,12H2. The predicted octanol–water partition coefficient (Wildman–Crippen LogP) is 5.23. The van der Waals surface area contributed by atoms with Crippen LogP contribution in [0.25, 0.3) is 10.9 Å². The molecule has 1 aliphatic rings. The van der Waals surface area contributed by atoms with Crippen molar-refractivity contribution in [2.75, 3.05) is 13.1 Å². The normalized spacial score (nSPS) is 17.2. The fraction of sp³-hybridized carbons (Fsp3) is 0.333. The van der Waals surface area contributed by atoms with Crippen molar-refractivity contribution in [2.24, 2.45) is 0 Å². The molecule has 0 spiro atoms. The summed E-state index contributed by atoms with van der Waals surface area (Å²) in [5.74, 6) is 0. The molecule has 0 bridgehead atoms. The third kappa shape index (κ3) is 4.39. The molecule has 10 heteroatoms. The van der Waals surface area contributed by atoms with Crippen molar-refractivity contribution < 1.29 is 23.2 Å². The van der Waals surface area contributed by atoms with E-state index in [2.05, 4.69) is 9.88 Å². The smallest absolute Gasteiger partial charge is 0.384 e. The molecule has 0 saturated carbocycles. The van der Waals surface area contributed by atoms with Crippen molar-refractivity contribution in [3.63, 3.8) is 0 Å². The number of H-pyrrole nitrogens is 1. The molecular weight excluding hydrogens is 435 g/mol. The van der Waals surface area contributed by atoms with Gasteiger partial charge in [0.1, 0.15) is 11.2 Å². The van der Waals surface area contributed by atoms with Gasteiger partial charge in [0.15, 0.2) is 0 Å². The van der Waals surface area contributed by atoms with E-state index in [1.807, 2.05) is 24.3 Å². The Bertz CT molecular complexity index is 1120. The molecule has 6 nitrogen and oxygen atoms in total. The van der Waals surface area contributed by atoms with E-state index in [0.717, 1.165) is 17.7 Å². The zero-order chi connectivity index (χ0) is 22.4. The Morgan fingerprint density at radius 3 is 2.39 bits per heavy atom. The van der Waals surface area contributed by atoms with E-state index < -0.39 is 28.0 Å². The highest BCUT2D eigenvalue weighted by Crippen LogP contribution is 2.40. The molecule has 0 radical (unpaired) electrons. The number of piperidine rings is 1. The fourth-order valence-corrected chi connectivity index (χ4v) is 4.12. The Morgan fingerprint density at radius 2 is 1.81 bits per heavy atom. The quantitative estimate of drug-likeness (QED) is 0.418. The minimum Gasteiger partial charge on any atom is -0.384 e. The van der Waals surface area contributed by atoms with Crippen molar-refractivity contribution in [1.82, 2.24) is 9.88 Å². The molecule has 2 heterocycles. The molecular formula is C21H19ClF3N3O3. The van der Waals surface area contributed by atoms with Gasteiger partial charge in [-0.05, 0) is 42.7 Å². The fourth-order valence-electron chi connectivity index (χ4n) is 4.00. The predicted molar refractivity (Wildman–Crippen MR) is 110 cm³/mol. The molecule has 31 heavy (non-hydrogen) atoms. The van der Waals surface area contributed by atoms with Crippen molar-refractivity contribution in [3.8, 4) is 0 Å². The highest BCUT2D eigenvalue weighted by Gasteiger charge is 2.40. The van der Waals surface area contributed by atoms with Gasteiger partial charge in [-0.1, -0.05) is 23.7 Å². The number of alkyl halides is 3. The number of halogens is 4. The maximum atomic E-state index is 13.2. The number of hydrogen-bond acceptors (Lipinski definition) is 4. The van der Waals surface area contributed by atoms with Crippen LogP contribution in [0, 0.1) is 10.1 Å². The summed E-state index contributed by atoms with van der Waals surface area (Å²) in [4.78, 5) is 15.1. The largest absolute Gasteiger partial charge is 0.423 e. The van der Waals surface area contributed by atoms with Gasteiger partial charge in [0, 0.05) is 47.3 Å². The summed E-state index contributed by atoms with van der Waals surface area (Å²) in [6, 6.07) is 10.6. The summed E-state index contributed by atoms with van der Waals surface area (Å²) in [5, 5.41) is 23.2. The van der Waals surface area contributed by atoms with Gasteiger partial charge in [0.25, 0.3) is 5.69 Å². The van der Waals surface area contributed by atoms with Crippen molar-refractivity contribution in [2.45, 2.75) is 31.2 Å². The molecule has 2 aromatic carbocycles. The lowest BCUT2D eigenvalue weighted by molar-refractivity contribution is -0.387. The van der Waals surface area contributed by atoms with E-state index in [4.69, 9.17) is 11.6 Å². The number of nitrogens with one attached hydrogen (secondary N) is 1. The first-order valence-electron chi connectivity index (χ1n) is 9.63. The number of nitro benzene ring substituents is 1. The number of nitrogens with zero attached hydrogens (tertiary/aromatic N) is 2. The van der Waals surface area contributed by atoms with Gasteiger partial charge in [-0.3, -0.25) is 15.0 Å². The van der Waals surface area contributed by atoms with Crippen LogP contribution in [0.15, 0.2) is 42.5 Å². The SMILES string of the molecule is O=[N+]([O-])c1cc2cc(C3(O)CCN(Cc4ccc(Cl)cc4)CC3)[nH]c2cc1C(F)(F)F. The molecule has 164 valence electrons. The zero-order valence-corrected chi connectivity index (χ0v) is 17.0. The summed E-state index contributed by atoms with van der Waals surface area (Å²) in [7, 11) is 0. The van der Waals surface area contributed by atoms with Gasteiger partial charge in [0.2, 0.25) is 0 Å². The first-order chi connectivity index (χ1) is 14.5. The monoisotopic (exact) mass is 453 g/mol. The van der Waals surface area contributed by atoms with Crippen molar-refractivity contribution in [1.29, 1.82) is 0 Å². The molecule has 0 amide bonds. The average Bonchev–Trinajstić information content (AvgIpc) is 3.14. The van der Waals surface area contributed by atoms with Crippen LogP contribution in [0.5, 0.6) is 0 Å². The number of nitro groups is 1. The van der Waals surface area contributed by atoms with Crippen molar-refractivity contribution in [3.05, 3.63) is 74.4 Å². The molecule has 3 aromatic rings. The average molecular weight is 454 g/mol. The summed E-state index contributed by atoms with van der Waals surface area (Å²) >= 11 is 5.91. The second-order valence-electron chi connectivity index (χ2n) is 7.83. The molecule has 4 rings (SSSR count). The van der Waals surface area contributed by atoms with Crippen LogP contribution in [0.3, 0.4) is 0 Å². The van der Waals surface area contributed by atoms with Gasteiger partial charge < -0.3 is 10.1 Å². The van der Waals surface area contributed by atoms with E-state index >= 15 is 0 Å². The van der Waals surface area contributed by atoms with Crippen LogP contribution in [0.2, 0.25) is 5.02 Å². The van der Waals surface area contributed by atoms with E-state index in [9.17, 15) is 28.4 Å². The Kier molecular flexibility index (Phi) is 5.45. The lowest BCUT2D eigenvalue weighted by Gasteiger charge is -2.37. The maximum Gasteiger partial charge on any atom is 0.423 e. The van der Waals surface area contributed by atoms with Gasteiger partial charge in [-0.2, -0.15) is 13.2 Å². The molecule has 0 aliphatic carbocycles. The second-order valence-corrected chi connectivity index (χ2v) is 8.27. The minimum absolute atomic E-state index is 0.102. The van der Waals surface area contributed by atoms with Crippen LogP contribution in [-0.4, -0.2) is 33.0 Å². The van der Waals surface area contributed by atoms with E-state index in [1.54, 1.807) is 0 Å². The maximum absolute atomic E-state index is 13.2. The summed E-state index contributed by atoms with van der Waals surface area (Å²) in [5.41, 5.74) is -2.01. The Labute approximate surface area is 180 Å². The molecule has 0 atom stereocenters. The molecule has 1 aliphatic heterocycles. The van der Waals surface area contributed by atoms with E-state index in [-0.39, 0.29) is 10.9 Å². The Hall–Kier alpha value is -2.62. The van der Waals surface area contributed by atoms with Crippen molar-refractivity contribution >= 4 is 28.2 Å². The van der Waals surface area contributed by atoms with Crippen LogP contribution >= 0.6 is 11.6 Å². The summed E-state index contributed by atoms with van der Waals surface area (Å²) in [6.07, 6.45) is -4.10. The highest BCUT2D eigenvalue weighted by atomic mass is 35.5. The van der Waals surface area contributed by atoms with Crippen LogP contribution in [0.4, 0.5) is 18.9 Å². The number of hydrogen-bond donors (Lipinski definition) is 2. The third-order valence-corrected chi connectivity index (χ3v) is 6.00. The summed E-state index contributed by atoms with van der Waals surface area (Å²) in [6.45, 7) is 1.87. The van der Waals surface area contributed by atoms with E-state index in [1.165, 1.54) is 6.07 Å². The number of fused-ring (bicyclic) bond motifs is 1. The topological polar surface area (TPSA) is 82.4 Å². The Morgan fingerprint density at radius 1 is 1.16 bits per heavy atom. The lowest BCUT2D eigenvalue weighted by atomic mass is 9.88. The number of rotatable bonds is 4. The first kappa shape index (κ1) is 21.6. The molecule has 1 fully saturated rings. The van der Waals surface area contributed by atoms with Gasteiger partial charge >= 0.3 is 6.18 Å². The number of likely N-dealkylation sites (tertiary alicyclic amines) is 1. The van der Waals surface area contributed by atoms with Crippen LogP contribution in [0.1, 0.15) is 29.7 Å².